The molecule has 240 valence electrons. The number of aliphatic hydroxyl groups is 2. The molecule has 0 aliphatic rings. The molecule has 0 spiro atoms. The Morgan fingerprint density at radius 2 is 1.18 bits per heavy atom. The summed E-state index contributed by atoms with van der Waals surface area (Å²) >= 11 is 0. The number of unbranched alkanes of at least 4 members (excludes halogenated alkanes) is 14. The Hall–Kier alpha value is -0.690. The van der Waals surface area contributed by atoms with Gasteiger partial charge in [-0.25, -0.2) is 0 Å². The van der Waals surface area contributed by atoms with Crippen molar-refractivity contribution in [3.8, 4) is 0 Å². The Morgan fingerprint density at radius 3 is 1.73 bits per heavy atom. The lowest BCUT2D eigenvalue weighted by Gasteiger charge is -2.24. The molecule has 2 atom stereocenters. The maximum absolute atomic E-state index is 12.6. The molecule has 3 N–H and O–H groups in total. The predicted molar refractivity (Wildman–Crippen MR) is 171 cm³/mol. The van der Waals surface area contributed by atoms with Crippen LogP contribution in [0.25, 0.3) is 0 Å². The zero-order valence-electron chi connectivity index (χ0n) is 27.3. The van der Waals surface area contributed by atoms with Gasteiger partial charge < -0.3 is 25.2 Å². The number of nitrogens with zero attached hydrogens (tertiary/aromatic N) is 1. The lowest BCUT2D eigenvalue weighted by Crippen LogP contribution is -2.35. The number of hydrogen-bond donors (Lipinski definition) is 3. The third-order valence-corrected chi connectivity index (χ3v) is 7.70. The van der Waals surface area contributed by atoms with Crippen LogP contribution in [0.15, 0.2) is 0 Å². The van der Waals surface area contributed by atoms with Crippen molar-refractivity contribution in [3.05, 3.63) is 0 Å². The maximum atomic E-state index is 12.6. The molecular formula is C34H70N2O4. The van der Waals surface area contributed by atoms with Crippen LogP contribution >= 0.6 is 0 Å². The molecule has 6 heteroatoms. The molecule has 0 aromatic carbocycles. The normalized spacial score (nSPS) is 13.3. The number of rotatable bonds is 31. The van der Waals surface area contributed by atoms with E-state index in [1.54, 1.807) is 6.92 Å². The van der Waals surface area contributed by atoms with Gasteiger partial charge in [0, 0.05) is 19.5 Å². The molecule has 0 rings (SSSR count). The van der Waals surface area contributed by atoms with Crippen molar-refractivity contribution >= 4 is 5.97 Å². The van der Waals surface area contributed by atoms with Gasteiger partial charge in [-0.1, -0.05) is 97.3 Å². The molecule has 0 fully saturated rings. The van der Waals surface area contributed by atoms with Gasteiger partial charge >= 0.3 is 5.97 Å². The minimum Gasteiger partial charge on any atom is -0.462 e. The molecule has 40 heavy (non-hydrogen) atoms. The Balaban J connectivity index is 4.13. The second-order valence-corrected chi connectivity index (χ2v) is 12.3. The predicted octanol–water partition coefficient (Wildman–Crippen LogP) is 7.78. The zero-order chi connectivity index (χ0) is 29.7. The first-order valence-electron chi connectivity index (χ1n) is 17.4. The summed E-state index contributed by atoms with van der Waals surface area (Å²) in [6.07, 6.45) is 23.9. The average molecular weight is 571 g/mol. The molecule has 0 radical (unpaired) electrons. The van der Waals surface area contributed by atoms with Crippen molar-refractivity contribution in [1.29, 1.82) is 0 Å². The van der Waals surface area contributed by atoms with E-state index in [0.29, 0.717) is 19.5 Å². The van der Waals surface area contributed by atoms with Gasteiger partial charge in [0.25, 0.3) is 0 Å². The van der Waals surface area contributed by atoms with Gasteiger partial charge in [-0.3, -0.25) is 4.79 Å². The fourth-order valence-corrected chi connectivity index (χ4v) is 5.35. The molecule has 0 saturated heterocycles. The van der Waals surface area contributed by atoms with Crippen LogP contribution in [0.5, 0.6) is 0 Å². The van der Waals surface area contributed by atoms with E-state index in [1.807, 2.05) is 6.92 Å². The summed E-state index contributed by atoms with van der Waals surface area (Å²) in [6.45, 7) is 12.3. The van der Waals surface area contributed by atoms with E-state index in [4.69, 9.17) is 4.74 Å². The van der Waals surface area contributed by atoms with Gasteiger partial charge in [-0.05, 0) is 78.4 Å². The maximum Gasteiger partial charge on any atom is 0.306 e. The first-order chi connectivity index (χ1) is 19.4. The summed E-state index contributed by atoms with van der Waals surface area (Å²) in [4.78, 5) is 14.9. The van der Waals surface area contributed by atoms with Gasteiger partial charge in [0.1, 0.15) is 6.10 Å². The summed E-state index contributed by atoms with van der Waals surface area (Å²) in [5.41, 5.74) is 0. The van der Waals surface area contributed by atoms with Gasteiger partial charge in [0.15, 0.2) is 0 Å². The second kappa shape index (κ2) is 29.8. The molecular weight excluding hydrogens is 500 g/mol. The van der Waals surface area contributed by atoms with Crippen LogP contribution in [0.4, 0.5) is 0 Å². The highest BCUT2D eigenvalue weighted by atomic mass is 16.5. The van der Waals surface area contributed by atoms with Crippen LogP contribution in [0.1, 0.15) is 163 Å². The number of ether oxygens (including phenoxy) is 1. The van der Waals surface area contributed by atoms with Crippen LogP contribution in [0, 0.1) is 0 Å². The fourth-order valence-electron chi connectivity index (χ4n) is 5.35. The van der Waals surface area contributed by atoms with E-state index in [-0.39, 0.29) is 24.3 Å². The zero-order valence-corrected chi connectivity index (χ0v) is 27.3. The minimum atomic E-state index is -0.317. The Labute approximate surface area is 249 Å². The highest BCUT2D eigenvalue weighted by Crippen LogP contribution is 2.18. The van der Waals surface area contributed by atoms with Crippen molar-refractivity contribution in [2.75, 3.05) is 32.7 Å². The molecule has 0 bridgehead atoms. The number of hydrogen-bond acceptors (Lipinski definition) is 6. The number of carbonyl (C=O) groups excluding carboxylic acids is 1. The van der Waals surface area contributed by atoms with Gasteiger partial charge in [-0.15, -0.1) is 0 Å². The molecule has 0 heterocycles. The van der Waals surface area contributed by atoms with Crippen LogP contribution in [0.2, 0.25) is 0 Å². The molecule has 0 aliphatic carbocycles. The molecule has 0 saturated carbocycles. The quantitative estimate of drug-likeness (QED) is 0.0583. The molecule has 0 aromatic heterocycles. The van der Waals surface area contributed by atoms with Crippen molar-refractivity contribution in [1.82, 2.24) is 10.2 Å². The summed E-state index contributed by atoms with van der Waals surface area (Å²) in [6, 6.07) is 0. The summed E-state index contributed by atoms with van der Waals surface area (Å²) < 4.78 is 5.98. The van der Waals surface area contributed by atoms with Crippen LogP contribution in [-0.4, -0.2) is 72.1 Å². The molecule has 0 aliphatic heterocycles. The monoisotopic (exact) mass is 571 g/mol. The first-order valence-corrected chi connectivity index (χ1v) is 17.4. The molecule has 0 amide bonds. The highest BCUT2D eigenvalue weighted by molar-refractivity contribution is 5.69. The second-order valence-electron chi connectivity index (χ2n) is 12.3. The molecule has 2 unspecified atom stereocenters. The van der Waals surface area contributed by atoms with E-state index >= 15 is 0 Å². The Bertz CT molecular complexity index is 514. The van der Waals surface area contributed by atoms with Gasteiger partial charge in [-0.2, -0.15) is 0 Å². The summed E-state index contributed by atoms with van der Waals surface area (Å²) in [7, 11) is 0. The SMILES string of the molecule is CCCCCCCCC(CCCCCCCC)OC(=O)CCCCCCCN(CCCNCC(C)O)CC(C)O. The van der Waals surface area contributed by atoms with E-state index in [0.717, 1.165) is 71.0 Å². The largest absolute Gasteiger partial charge is 0.462 e. The third-order valence-electron chi connectivity index (χ3n) is 7.70. The van der Waals surface area contributed by atoms with Gasteiger partial charge in [0.05, 0.1) is 12.2 Å². The third kappa shape index (κ3) is 28.8. The fraction of sp³-hybridized carbons (Fsp3) is 0.971. The van der Waals surface area contributed by atoms with Crippen molar-refractivity contribution in [3.63, 3.8) is 0 Å². The lowest BCUT2D eigenvalue weighted by atomic mass is 10.0. The van der Waals surface area contributed by atoms with E-state index in [9.17, 15) is 15.0 Å². The van der Waals surface area contributed by atoms with Crippen molar-refractivity contribution < 1.29 is 19.7 Å². The van der Waals surface area contributed by atoms with Crippen LogP contribution < -0.4 is 5.32 Å². The molecule has 0 aromatic rings. The summed E-state index contributed by atoms with van der Waals surface area (Å²) in [5, 5.41) is 22.4. The Kier molecular flexibility index (Phi) is 29.3. The smallest absolute Gasteiger partial charge is 0.306 e. The number of esters is 1. The standard InChI is InChI=1S/C34H70N2O4/c1-5-7-9-11-14-18-23-33(24-19-15-12-10-8-6-2)40-34(39)25-20-16-13-17-21-27-36(30-32(4)38)28-22-26-35-29-31(3)37/h31-33,35,37-38H,5-30H2,1-4H3. The molecule has 6 nitrogen and oxygen atoms in total. The van der Waals surface area contributed by atoms with E-state index in [2.05, 4.69) is 24.1 Å². The number of aliphatic hydroxyl groups excluding tert-OH is 2. The topological polar surface area (TPSA) is 82.0 Å². The van der Waals surface area contributed by atoms with E-state index in [1.165, 1.54) is 77.0 Å². The summed E-state index contributed by atoms with van der Waals surface area (Å²) in [5.74, 6) is 0.00859. The van der Waals surface area contributed by atoms with Crippen molar-refractivity contribution in [2.45, 2.75) is 181 Å². The van der Waals surface area contributed by atoms with Crippen LogP contribution in [0.3, 0.4) is 0 Å². The lowest BCUT2D eigenvalue weighted by molar-refractivity contribution is -0.150. The van der Waals surface area contributed by atoms with Crippen molar-refractivity contribution in [2.24, 2.45) is 0 Å². The minimum absolute atomic E-state index is 0.00859. The first kappa shape index (κ1) is 39.3. The van der Waals surface area contributed by atoms with E-state index < -0.39 is 0 Å². The average Bonchev–Trinajstić information content (AvgIpc) is 2.90. The van der Waals surface area contributed by atoms with Gasteiger partial charge in [0.2, 0.25) is 0 Å². The number of nitrogens with one attached hydrogen (secondary N) is 1. The van der Waals surface area contributed by atoms with Crippen LogP contribution in [-0.2, 0) is 9.53 Å². The Morgan fingerprint density at radius 1 is 0.675 bits per heavy atom. The number of carbonyl (C=O) groups is 1. The highest BCUT2D eigenvalue weighted by Gasteiger charge is 2.14.